The molecule has 1 saturated heterocycles. The zero-order valence-corrected chi connectivity index (χ0v) is 16.3. The lowest BCUT2D eigenvalue weighted by molar-refractivity contribution is 0.102. The zero-order chi connectivity index (χ0) is 19.8. The number of benzene rings is 1. The summed E-state index contributed by atoms with van der Waals surface area (Å²) in [6.07, 6.45) is 3.51. The molecule has 0 saturated carbocycles. The molecule has 3 heterocycles. The molecule has 1 aromatic carbocycles. The van der Waals surface area contributed by atoms with E-state index in [9.17, 15) is 9.59 Å². The minimum atomic E-state index is -0.465. The second kappa shape index (κ2) is 7.10. The molecule has 28 heavy (non-hydrogen) atoms. The van der Waals surface area contributed by atoms with Gasteiger partial charge in [-0.3, -0.25) is 9.59 Å². The zero-order valence-electron chi connectivity index (χ0n) is 16.3. The van der Waals surface area contributed by atoms with Gasteiger partial charge in [0, 0.05) is 25.8 Å². The molecule has 8 nitrogen and oxygen atoms in total. The van der Waals surface area contributed by atoms with Crippen LogP contribution < -0.4 is 15.8 Å². The van der Waals surface area contributed by atoms with E-state index in [4.69, 9.17) is 4.63 Å². The summed E-state index contributed by atoms with van der Waals surface area (Å²) in [7, 11) is 1.65. The lowest BCUT2D eigenvalue weighted by Gasteiger charge is -2.28. The largest absolute Gasteiger partial charge is 0.370 e. The molecule has 0 spiro atoms. The van der Waals surface area contributed by atoms with Crippen molar-refractivity contribution in [3.8, 4) is 0 Å². The van der Waals surface area contributed by atoms with Crippen LogP contribution in [-0.4, -0.2) is 33.9 Å². The van der Waals surface area contributed by atoms with Crippen LogP contribution in [0.1, 0.15) is 40.9 Å². The first-order valence-corrected chi connectivity index (χ1v) is 9.46. The highest BCUT2D eigenvalue weighted by Crippen LogP contribution is 2.31. The van der Waals surface area contributed by atoms with Crippen LogP contribution in [0.25, 0.3) is 11.0 Å². The third-order valence-corrected chi connectivity index (χ3v) is 5.43. The Morgan fingerprint density at radius 2 is 1.82 bits per heavy atom. The molecular formula is C20H23N5O3. The van der Waals surface area contributed by atoms with Gasteiger partial charge < -0.3 is 14.8 Å². The summed E-state index contributed by atoms with van der Waals surface area (Å²) in [4.78, 5) is 27.7. The van der Waals surface area contributed by atoms with Crippen LogP contribution in [0, 0.1) is 13.8 Å². The van der Waals surface area contributed by atoms with Gasteiger partial charge in [-0.05, 0) is 67.2 Å². The Morgan fingerprint density at radius 1 is 1.11 bits per heavy atom. The SMILES string of the molecule is Cc1cc(C)n(C)c(=O)c1C(=O)Nc1ccc(N2CCCCC2)c2nonc12. The first-order chi connectivity index (χ1) is 13.5. The summed E-state index contributed by atoms with van der Waals surface area (Å²) in [5, 5.41) is 10.8. The van der Waals surface area contributed by atoms with Gasteiger partial charge in [0.05, 0.1) is 11.4 Å². The highest BCUT2D eigenvalue weighted by atomic mass is 16.6. The van der Waals surface area contributed by atoms with Crippen molar-refractivity contribution in [2.45, 2.75) is 33.1 Å². The van der Waals surface area contributed by atoms with Crippen molar-refractivity contribution in [2.24, 2.45) is 7.05 Å². The van der Waals surface area contributed by atoms with Crippen molar-refractivity contribution in [3.05, 3.63) is 45.4 Å². The van der Waals surface area contributed by atoms with Gasteiger partial charge in [0.25, 0.3) is 11.5 Å². The summed E-state index contributed by atoms with van der Waals surface area (Å²) < 4.78 is 6.43. The maximum atomic E-state index is 12.9. The third-order valence-electron chi connectivity index (χ3n) is 5.43. The summed E-state index contributed by atoms with van der Waals surface area (Å²) in [6, 6.07) is 5.54. The lowest BCUT2D eigenvalue weighted by Crippen LogP contribution is -2.30. The molecule has 0 bridgehead atoms. The standard InChI is InChI=1S/C20H23N5O3/c1-12-11-13(2)24(3)20(27)16(12)19(26)21-14-7-8-15(18-17(14)22-28-23-18)25-9-5-4-6-10-25/h7-8,11H,4-6,9-10H2,1-3H3,(H,21,26). The van der Waals surface area contributed by atoms with Crippen molar-refractivity contribution in [1.82, 2.24) is 14.9 Å². The molecule has 2 aromatic heterocycles. The Hall–Kier alpha value is -3.16. The van der Waals surface area contributed by atoms with E-state index in [0.29, 0.717) is 22.3 Å². The molecule has 0 unspecified atom stereocenters. The summed E-state index contributed by atoms with van der Waals surface area (Å²) >= 11 is 0. The summed E-state index contributed by atoms with van der Waals surface area (Å²) in [6.45, 7) is 5.52. The molecule has 1 fully saturated rings. The molecule has 1 amide bonds. The minimum absolute atomic E-state index is 0.123. The van der Waals surface area contributed by atoms with Crippen LogP contribution in [0.5, 0.6) is 0 Å². The number of carbonyl (C=O) groups is 1. The van der Waals surface area contributed by atoms with Gasteiger partial charge in [0.2, 0.25) is 0 Å². The Balaban J connectivity index is 1.70. The topological polar surface area (TPSA) is 93.3 Å². The Kier molecular flexibility index (Phi) is 4.62. The number of hydrogen-bond acceptors (Lipinski definition) is 6. The van der Waals surface area contributed by atoms with Gasteiger partial charge in [-0.2, -0.15) is 0 Å². The van der Waals surface area contributed by atoms with Gasteiger partial charge in [-0.1, -0.05) is 0 Å². The highest BCUT2D eigenvalue weighted by molar-refractivity contribution is 6.09. The lowest BCUT2D eigenvalue weighted by atomic mass is 10.1. The van der Waals surface area contributed by atoms with E-state index in [1.54, 1.807) is 20.0 Å². The molecule has 146 valence electrons. The monoisotopic (exact) mass is 381 g/mol. The minimum Gasteiger partial charge on any atom is -0.370 e. The number of pyridine rings is 1. The average Bonchev–Trinajstić information content (AvgIpc) is 3.17. The molecule has 1 N–H and O–H groups in total. The number of hydrogen-bond donors (Lipinski definition) is 1. The Bertz CT molecular complexity index is 1110. The molecule has 1 aliphatic rings. The van der Waals surface area contributed by atoms with Crippen molar-refractivity contribution < 1.29 is 9.42 Å². The number of amides is 1. The second-order valence-electron chi connectivity index (χ2n) is 7.30. The molecule has 3 aromatic rings. The van der Waals surface area contributed by atoms with E-state index in [-0.39, 0.29) is 11.1 Å². The van der Waals surface area contributed by atoms with Crippen LogP contribution in [0.3, 0.4) is 0 Å². The van der Waals surface area contributed by atoms with Gasteiger partial charge in [-0.15, -0.1) is 0 Å². The van der Waals surface area contributed by atoms with E-state index in [1.807, 2.05) is 19.1 Å². The molecule has 0 radical (unpaired) electrons. The first-order valence-electron chi connectivity index (χ1n) is 9.46. The van der Waals surface area contributed by atoms with E-state index in [1.165, 1.54) is 11.0 Å². The first kappa shape index (κ1) is 18.2. The van der Waals surface area contributed by atoms with Gasteiger partial charge in [0.15, 0.2) is 11.0 Å². The number of rotatable bonds is 3. The number of nitrogens with zero attached hydrogens (tertiary/aromatic N) is 4. The Morgan fingerprint density at radius 3 is 2.57 bits per heavy atom. The highest BCUT2D eigenvalue weighted by Gasteiger charge is 2.21. The smallest absolute Gasteiger partial charge is 0.263 e. The number of fused-ring (bicyclic) bond motifs is 1. The Labute approximate surface area is 162 Å². The van der Waals surface area contributed by atoms with Crippen LogP contribution in [0.15, 0.2) is 27.6 Å². The van der Waals surface area contributed by atoms with Gasteiger partial charge >= 0.3 is 0 Å². The number of aryl methyl sites for hydroxylation is 2. The van der Waals surface area contributed by atoms with Crippen LogP contribution in [0.2, 0.25) is 0 Å². The van der Waals surface area contributed by atoms with Crippen molar-refractivity contribution in [1.29, 1.82) is 0 Å². The molecule has 4 rings (SSSR count). The molecule has 1 aliphatic heterocycles. The van der Waals surface area contributed by atoms with Crippen LogP contribution >= 0.6 is 0 Å². The molecular weight excluding hydrogens is 358 g/mol. The quantitative estimate of drug-likeness (QED) is 0.750. The fourth-order valence-electron chi connectivity index (χ4n) is 3.78. The van der Waals surface area contributed by atoms with Crippen molar-refractivity contribution >= 4 is 28.3 Å². The number of anilines is 2. The second-order valence-corrected chi connectivity index (χ2v) is 7.30. The van der Waals surface area contributed by atoms with Crippen LogP contribution in [0.4, 0.5) is 11.4 Å². The van der Waals surface area contributed by atoms with E-state index in [2.05, 4.69) is 20.5 Å². The average molecular weight is 381 g/mol. The predicted molar refractivity (Wildman–Crippen MR) is 107 cm³/mol. The van der Waals surface area contributed by atoms with Crippen molar-refractivity contribution in [3.63, 3.8) is 0 Å². The maximum absolute atomic E-state index is 12.9. The van der Waals surface area contributed by atoms with Gasteiger partial charge in [-0.25, -0.2) is 4.63 Å². The van der Waals surface area contributed by atoms with Crippen LogP contribution in [-0.2, 0) is 7.05 Å². The predicted octanol–water partition coefficient (Wildman–Crippen LogP) is 2.78. The third kappa shape index (κ3) is 3.04. The number of carbonyl (C=O) groups excluding carboxylic acids is 1. The summed E-state index contributed by atoms with van der Waals surface area (Å²) in [5.74, 6) is -0.465. The number of nitrogens with one attached hydrogen (secondary N) is 1. The fourth-order valence-corrected chi connectivity index (χ4v) is 3.78. The van der Waals surface area contributed by atoms with Crippen molar-refractivity contribution in [2.75, 3.05) is 23.3 Å². The number of piperidine rings is 1. The van der Waals surface area contributed by atoms with E-state index >= 15 is 0 Å². The fraction of sp³-hybridized carbons (Fsp3) is 0.400. The number of aromatic nitrogens is 3. The van der Waals surface area contributed by atoms with E-state index in [0.717, 1.165) is 37.3 Å². The molecule has 8 heteroatoms. The van der Waals surface area contributed by atoms with Gasteiger partial charge in [0.1, 0.15) is 5.56 Å². The maximum Gasteiger partial charge on any atom is 0.263 e. The van der Waals surface area contributed by atoms with E-state index < -0.39 is 5.91 Å². The normalized spacial score (nSPS) is 14.5. The molecule has 0 atom stereocenters. The summed E-state index contributed by atoms with van der Waals surface area (Å²) in [5.41, 5.74) is 3.77. The molecule has 0 aliphatic carbocycles.